The van der Waals surface area contributed by atoms with Gasteiger partial charge in [-0.25, -0.2) is 18.4 Å². The van der Waals surface area contributed by atoms with E-state index >= 15 is 0 Å². The number of hydrogen-bond donors (Lipinski definition) is 0. The van der Waals surface area contributed by atoms with Gasteiger partial charge < -0.3 is 4.74 Å². The predicted molar refractivity (Wildman–Crippen MR) is 115 cm³/mol. The summed E-state index contributed by atoms with van der Waals surface area (Å²) in [5, 5.41) is 3.31. The zero-order valence-corrected chi connectivity index (χ0v) is 19.6. The molecule has 0 aliphatic carbocycles. The van der Waals surface area contributed by atoms with Crippen LogP contribution in [0.3, 0.4) is 0 Å². The Bertz CT molecular complexity index is 1200. The smallest absolute Gasteiger partial charge is 0.375 e. The number of thiazole rings is 2. The van der Waals surface area contributed by atoms with Gasteiger partial charge in [-0.15, -0.1) is 22.7 Å². The molecule has 0 spiro atoms. The lowest BCUT2D eigenvalue weighted by Crippen LogP contribution is -2.23. The molecule has 0 N–H and O–H groups in total. The molecule has 0 amide bonds. The Morgan fingerprint density at radius 2 is 1.78 bits per heavy atom. The van der Waals surface area contributed by atoms with Crippen LogP contribution in [0.5, 0.6) is 0 Å². The molecule has 0 saturated carbocycles. The van der Waals surface area contributed by atoms with Crippen molar-refractivity contribution in [1.29, 1.82) is 0 Å². The summed E-state index contributed by atoms with van der Waals surface area (Å²) in [5.74, 6) is -0.185. The number of aromatic nitrogens is 2. The van der Waals surface area contributed by atoms with Gasteiger partial charge in [0.2, 0.25) is 0 Å². The topological polar surface area (TPSA) is 86.2 Å². The van der Waals surface area contributed by atoms with Crippen LogP contribution < -0.4 is 0 Å². The van der Waals surface area contributed by atoms with Crippen molar-refractivity contribution in [3.05, 3.63) is 50.9 Å². The molecular formula is C20H19F3N2O4S3. The van der Waals surface area contributed by atoms with Crippen LogP contribution in [0.15, 0.2) is 34.5 Å². The van der Waals surface area contributed by atoms with E-state index < -0.39 is 20.2 Å². The maximum atomic E-state index is 12.6. The van der Waals surface area contributed by atoms with Gasteiger partial charge in [0.25, 0.3) is 9.84 Å². The summed E-state index contributed by atoms with van der Waals surface area (Å²) < 4.78 is 66.1. The second kappa shape index (κ2) is 9.77. The Labute approximate surface area is 191 Å². The summed E-state index contributed by atoms with van der Waals surface area (Å²) >= 11 is 2.83. The van der Waals surface area contributed by atoms with Crippen molar-refractivity contribution >= 4 is 38.3 Å². The lowest BCUT2D eigenvalue weighted by molar-refractivity contribution is -0.117. The molecule has 1 aromatic carbocycles. The van der Waals surface area contributed by atoms with Gasteiger partial charge in [-0.3, -0.25) is 4.79 Å². The van der Waals surface area contributed by atoms with Crippen LogP contribution in [0.25, 0.3) is 10.6 Å². The minimum atomic E-state index is -5.41. The van der Waals surface area contributed by atoms with Crippen LogP contribution >= 0.6 is 22.7 Å². The molecular weight excluding hydrogens is 485 g/mol. The number of Topliss-reactive ketones (excluding diaryl/α,β-unsaturated/α-hetero) is 1. The molecule has 0 saturated heterocycles. The standard InChI is InChI=1S/C20H19F3N2O4S3/c1-3-29-10-18-24-12(2)19(31-18)16-11-30-17(25-16)9-14(26)8-13-4-6-15(7-5-13)32(27,28)20(21,22)23/h4-7,11H,3,8-10H2,1-2H3. The Hall–Kier alpha value is -2.15. The van der Waals surface area contributed by atoms with Crippen LogP contribution in [-0.2, 0) is 38.8 Å². The second-order valence-corrected chi connectivity index (χ2v) is 10.7. The molecule has 12 heteroatoms. The van der Waals surface area contributed by atoms with E-state index in [1.807, 2.05) is 19.2 Å². The summed E-state index contributed by atoms with van der Waals surface area (Å²) in [6.45, 7) is 4.82. The first-order valence-corrected chi connectivity index (χ1v) is 12.6. The number of aryl methyl sites for hydroxylation is 1. The Morgan fingerprint density at radius 3 is 2.41 bits per heavy atom. The summed E-state index contributed by atoms with van der Waals surface area (Å²) in [4.78, 5) is 21.4. The molecule has 2 aromatic heterocycles. The van der Waals surface area contributed by atoms with Gasteiger partial charge in [-0.2, -0.15) is 13.2 Å². The van der Waals surface area contributed by atoms with Crippen LogP contribution in [0.2, 0.25) is 0 Å². The monoisotopic (exact) mass is 504 g/mol. The number of hydrogen-bond acceptors (Lipinski definition) is 8. The minimum absolute atomic E-state index is 0.0423. The fraction of sp³-hybridized carbons (Fsp3) is 0.350. The summed E-state index contributed by atoms with van der Waals surface area (Å²) in [5.41, 5.74) is -3.38. The molecule has 0 aliphatic rings. The molecule has 3 aromatic rings. The number of nitrogens with zero attached hydrogens (tertiary/aromatic N) is 2. The van der Waals surface area contributed by atoms with Gasteiger partial charge in [0.15, 0.2) is 0 Å². The molecule has 0 unspecified atom stereocenters. The van der Waals surface area contributed by atoms with Crippen molar-refractivity contribution in [3.8, 4) is 10.6 Å². The number of carbonyl (C=O) groups excluding carboxylic acids is 1. The molecule has 3 rings (SSSR count). The number of benzene rings is 1. The van der Waals surface area contributed by atoms with E-state index in [0.717, 1.165) is 33.4 Å². The first kappa shape index (κ1) is 24.5. The third kappa shape index (κ3) is 5.61. The quantitative estimate of drug-likeness (QED) is 0.418. The van der Waals surface area contributed by atoms with Crippen LogP contribution in [0, 0.1) is 6.92 Å². The summed E-state index contributed by atoms with van der Waals surface area (Å²) in [7, 11) is -5.41. The predicted octanol–water partition coefficient (Wildman–Crippen LogP) is 4.76. The van der Waals surface area contributed by atoms with E-state index in [0.29, 0.717) is 23.8 Å². The Kier molecular flexibility index (Phi) is 7.48. The van der Waals surface area contributed by atoms with Crippen molar-refractivity contribution in [3.63, 3.8) is 0 Å². The van der Waals surface area contributed by atoms with Crippen molar-refractivity contribution in [2.24, 2.45) is 0 Å². The fourth-order valence-corrected chi connectivity index (χ4v) is 5.43. The number of ketones is 1. The lowest BCUT2D eigenvalue weighted by atomic mass is 10.1. The summed E-state index contributed by atoms with van der Waals surface area (Å²) in [6.07, 6.45) is 0.0241. The first-order valence-electron chi connectivity index (χ1n) is 9.42. The van der Waals surface area contributed by atoms with E-state index in [4.69, 9.17) is 4.74 Å². The van der Waals surface area contributed by atoms with Crippen molar-refractivity contribution in [2.75, 3.05) is 6.61 Å². The highest BCUT2D eigenvalue weighted by atomic mass is 32.2. The zero-order chi connectivity index (χ0) is 23.5. The van der Waals surface area contributed by atoms with E-state index in [-0.39, 0.29) is 18.6 Å². The molecule has 6 nitrogen and oxygen atoms in total. The molecule has 32 heavy (non-hydrogen) atoms. The SMILES string of the molecule is CCOCc1nc(C)c(-c2csc(CC(=O)Cc3ccc(S(=O)(=O)C(F)(F)F)cc3)n2)s1. The highest BCUT2D eigenvalue weighted by Gasteiger charge is 2.46. The van der Waals surface area contributed by atoms with Crippen LogP contribution in [-0.4, -0.2) is 36.3 Å². The average molecular weight is 505 g/mol. The van der Waals surface area contributed by atoms with E-state index in [9.17, 15) is 26.4 Å². The van der Waals surface area contributed by atoms with Crippen LogP contribution in [0.1, 0.15) is 28.2 Å². The van der Waals surface area contributed by atoms with Crippen molar-refractivity contribution in [2.45, 2.75) is 43.7 Å². The first-order chi connectivity index (χ1) is 15.0. The third-order valence-electron chi connectivity index (χ3n) is 4.34. The lowest BCUT2D eigenvalue weighted by Gasteiger charge is -2.08. The van der Waals surface area contributed by atoms with E-state index in [1.165, 1.54) is 34.8 Å². The molecule has 172 valence electrons. The maximum absolute atomic E-state index is 12.6. The van der Waals surface area contributed by atoms with Gasteiger partial charge in [-0.1, -0.05) is 12.1 Å². The molecule has 0 radical (unpaired) electrons. The van der Waals surface area contributed by atoms with Crippen LogP contribution in [0.4, 0.5) is 13.2 Å². The highest BCUT2D eigenvalue weighted by Crippen LogP contribution is 2.32. The number of rotatable bonds is 9. The Morgan fingerprint density at radius 1 is 1.09 bits per heavy atom. The highest BCUT2D eigenvalue weighted by molar-refractivity contribution is 7.92. The largest absolute Gasteiger partial charge is 0.501 e. The van der Waals surface area contributed by atoms with Crippen molar-refractivity contribution in [1.82, 2.24) is 9.97 Å². The molecule has 0 fully saturated rings. The van der Waals surface area contributed by atoms with E-state index in [1.54, 1.807) is 0 Å². The number of sulfone groups is 1. The molecule has 0 atom stereocenters. The number of ether oxygens (including phenoxy) is 1. The van der Waals surface area contributed by atoms with Gasteiger partial charge >= 0.3 is 5.51 Å². The zero-order valence-electron chi connectivity index (χ0n) is 17.1. The number of carbonyl (C=O) groups is 1. The molecule has 0 bridgehead atoms. The van der Waals surface area contributed by atoms with E-state index in [2.05, 4.69) is 9.97 Å². The van der Waals surface area contributed by atoms with Gasteiger partial charge in [0, 0.05) is 18.4 Å². The van der Waals surface area contributed by atoms with Gasteiger partial charge in [0.05, 0.1) is 34.2 Å². The molecule has 0 aliphatic heterocycles. The second-order valence-electron chi connectivity index (χ2n) is 6.77. The Balaban J connectivity index is 1.64. The maximum Gasteiger partial charge on any atom is 0.501 e. The summed E-state index contributed by atoms with van der Waals surface area (Å²) in [6, 6.07) is 4.15. The molecule has 2 heterocycles. The van der Waals surface area contributed by atoms with Gasteiger partial charge in [0.1, 0.15) is 15.8 Å². The normalized spacial score (nSPS) is 12.3. The van der Waals surface area contributed by atoms with Gasteiger partial charge in [-0.05, 0) is 31.5 Å². The number of alkyl halides is 3. The fourth-order valence-electron chi connectivity index (χ4n) is 2.82. The third-order valence-corrected chi connectivity index (χ3v) is 7.85. The number of halogens is 3. The average Bonchev–Trinajstić information content (AvgIpc) is 3.32. The minimum Gasteiger partial charge on any atom is -0.375 e. The van der Waals surface area contributed by atoms with Crippen molar-refractivity contribution < 1.29 is 31.1 Å².